The maximum Gasteiger partial charge on any atom is 0.329 e. The van der Waals surface area contributed by atoms with Gasteiger partial charge in [-0.1, -0.05) is 6.07 Å². The molecule has 0 spiro atoms. The molecule has 0 amide bonds. The average molecular weight is 507 g/mol. The minimum atomic E-state index is -0.723. The summed E-state index contributed by atoms with van der Waals surface area (Å²) in [5.74, 6) is 1.47. The maximum atomic E-state index is 12.7. The molecule has 0 aliphatic heterocycles. The van der Waals surface area contributed by atoms with Gasteiger partial charge in [-0.25, -0.2) is 14.8 Å². The fraction of sp³-hybridized carbons (Fsp3) is 0.346. The van der Waals surface area contributed by atoms with Crippen LogP contribution in [0.5, 0.6) is 5.75 Å². The molecule has 0 fully saturated rings. The number of likely N-dealkylation sites (N-methyl/N-ethyl adjacent to an activating group) is 1. The number of aryl methyl sites for hydroxylation is 1. The Morgan fingerprint density at radius 2 is 1.84 bits per heavy atom. The Kier molecular flexibility index (Phi) is 7.14. The first-order valence-electron chi connectivity index (χ1n) is 11.8. The highest BCUT2D eigenvalue weighted by molar-refractivity contribution is 5.78. The Morgan fingerprint density at radius 1 is 1.11 bits per heavy atom. The van der Waals surface area contributed by atoms with Crippen molar-refractivity contribution < 1.29 is 14.3 Å². The fourth-order valence-electron chi connectivity index (χ4n) is 3.62. The van der Waals surface area contributed by atoms with Crippen LogP contribution in [0, 0.1) is 5.41 Å². The summed E-state index contributed by atoms with van der Waals surface area (Å²) in [6.45, 7) is 6.08. The zero-order valence-corrected chi connectivity index (χ0v) is 21.5. The molecule has 194 valence electrons. The minimum absolute atomic E-state index is 0.136. The zero-order valence-electron chi connectivity index (χ0n) is 21.5. The number of nitrogens with zero attached hydrogens (tertiary/aromatic N) is 5. The minimum Gasteiger partial charge on any atom is -0.492 e. The number of H-pyrrole nitrogens is 1. The largest absolute Gasteiger partial charge is 0.492 e. The lowest BCUT2D eigenvalue weighted by Gasteiger charge is -2.18. The molecule has 0 unspecified atom stereocenters. The molecule has 37 heavy (non-hydrogen) atoms. The van der Waals surface area contributed by atoms with Gasteiger partial charge in [0.2, 0.25) is 0 Å². The van der Waals surface area contributed by atoms with Gasteiger partial charge in [-0.15, -0.1) is 0 Å². The summed E-state index contributed by atoms with van der Waals surface area (Å²) >= 11 is 0. The highest BCUT2D eigenvalue weighted by Gasteiger charge is 2.25. The highest BCUT2D eigenvalue weighted by atomic mass is 16.5. The number of hydrogen-bond donors (Lipinski definition) is 1. The van der Waals surface area contributed by atoms with Crippen LogP contribution >= 0.6 is 0 Å². The molecule has 1 N–H and O–H groups in total. The second kappa shape index (κ2) is 10.3. The van der Waals surface area contributed by atoms with Crippen molar-refractivity contribution in [3.05, 3.63) is 69.5 Å². The van der Waals surface area contributed by atoms with Crippen LogP contribution in [0.3, 0.4) is 0 Å². The molecule has 3 heterocycles. The molecule has 11 heteroatoms. The Balaban J connectivity index is 1.58. The molecule has 0 saturated heterocycles. The summed E-state index contributed by atoms with van der Waals surface area (Å²) in [5.41, 5.74) is -0.933. The predicted octanol–water partition coefficient (Wildman–Crippen LogP) is 2.55. The number of carbonyl (C=O) groups excluding carboxylic acids is 1. The maximum absolute atomic E-state index is 12.7. The molecule has 3 aromatic heterocycles. The molecule has 0 radical (unpaired) electrons. The van der Waals surface area contributed by atoms with Crippen molar-refractivity contribution in [1.82, 2.24) is 24.1 Å². The molecule has 4 aromatic rings. The number of anilines is 1. The van der Waals surface area contributed by atoms with Crippen molar-refractivity contribution in [1.29, 1.82) is 0 Å². The van der Waals surface area contributed by atoms with Crippen molar-refractivity contribution in [3.8, 4) is 17.1 Å². The molecule has 1 aromatic carbocycles. The number of fused-ring (bicyclic) bond motifs is 1. The van der Waals surface area contributed by atoms with Gasteiger partial charge in [0.05, 0.1) is 12.0 Å². The van der Waals surface area contributed by atoms with Gasteiger partial charge in [-0.2, -0.15) is 0 Å². The first kappa shape index (κ1) is 25.7. The standard InChI is InChI=1S/C26H30N6O5/c1-26(2,3)24(34)37-16-32-20-22(31(5)25(35)29-23(20)33)28-21(32)17-9-11-18(12-10-17)36-15-14-30(4)19-8-6-7-13-27-19/h6-13H,14-16H2,1-5H3,(H,29,33,35). The lowest BCUT2D eigenvalue weighted by Crippen LogP contribution is -2.30. The van der Waals surface area contributed by atoms with Crippen LogP contribution < -0.4 is 20.9 Å². The third-order valence-electron chi connectivity index (χ3n) is 5.79. The van der Waals surface area contributed by atoms with E-state index in [1.165, 1.54) is 16.2 Å². The molecular weight excluding hydrogens is 476 g/mol. The number of aromatic amines is 1. The van der Waals surface area contributed by atoms with Gasteiger partial charge in [0.25, 0.3) is 5.56 Å². The van der Waals surface area contributed by atoms with E-state index in [1.807, 2.05) is 30.1 Å². The SMILES string of the molecule is CN(CCOc1ccc(-c2nc3c(c(=O)[nH]c(=O)n3C)n2COC(=O)C(C)(C)C)cc1)c1ccccn1. The number of esters is 1. The van der Waals surface area contributed by atoms with Gasteiger partial charge < -0.3 is 14.4 Å². The van der Waals surface area contributed by atoms with Gasteiger partial charge in [0, 0.05) is 25.9 Å². The lowest BCUT2D eigenvalue weighted by molar-refractivity contribution is -0.156. The summed E-state index contributed by atoms with van der Waals surface area (Å²) in [4.78, 5) is 50.4. The molecule has 11 nitrogen and oxygen atoms in total. The lowest BCUT2D eigenvalue weighted by atomic mass is 9.98. The highest BCUT2D eigenvalue weighted by Crippen LogP contribution is 2.25. The molecule has 0 bridgehead atoms. The number of hydrogen-bond acceptors (Lipinski definition) is 8. The van der Waals surface area contributed by atoms with E-state index in [-0.39, 0.29) is 17.9 Å². The van der Waals surface area contributed by atoms with Gasteiger partial charge in [-0.05, 0) is 57.2 Å². The van der Waals surface area contributed by atoms with Crippen molar-refractivity contribution >= 4 is 23.0 Å². The molecular formula is C26H30N6O5. The van der Waals surface area contributed by atoms with Gasteiger partial charge in [0.1, 0.15) is 24.0 Å². The van der Waals surface area contributed by atoms with Crippen LogP contribution in [0.25, 0.3) is 22.6 Å². The second-order valence-corrected chi connectivity index (χ2v) is 9.65. The van der Waals surface area contributed by atoms with E-state index in [4.69, 9.17) is 9.47 Å². The number of pyridine rings is 1. The smallest absolute Gasteiger partial charge is 0.329 e. The summed E-state index contributed by atoms with van der Waals surface area (Å²) < 4.78 is 14.1. The number of benzene rings is 1. The number of ether oxygens (including phenoxy) is 2. The van der Waals surface area contributed by atoms with E-state index in [0.717, 1.165) is 5.82 Å². The van der Waals surface area contributed by atoms with E-state index in [2.05, 4.69) is 15.0 Å². The first-order chi connectivity index (χ1) is 17.6. The molecule has 0 aliphatic rings. The number of aromatic nitrogens is 5. The number of carbonyl (C=O) groups is 1. The van der Waals surface area contributed by atoms with Gasteiger partial charge >= 0.3 is 11.7 Å². The van der Waals surface area contributed by atoms with Crippen LogP contribution in [-0.4, -0.2) is 50.3 Å². The zero-order chi connectivity index (χ0) is 26.7. The van der Waals surface area contributed by atoms with Crippen LogP contribution in [0.15, 0.2) is 58.3 Å². The number of nitrogens with one attached hydrogen (secondary N) is 1. The van der Waals surface area contributed by atoms with E-state index >= 15 is 0 Å². The van der Waals surface area contributed by atoms with Crippen LogP contribution in [0.2, 0.25) is 0 Å². The van der Waals surface area contributed by atoms with Crippen LogP contribution in [0.4, 0.5) is 5.82 Å². The van der Waals surface area contributed by atoms with E-state index in [0.29, 0.717) is 30.3 Å². The second-order valence-electron chi connectivity index (χ2n) is 9.65. The third-order valence-corrected chi connectivity index (χ3v) is 5.79. The van der Waals surface area contributed by atoms with E-state index < -0.39 is 22.6 Å². The predicted molar refractivity (Wildman–Crippen MR) is 140 cm³/mol. The first-order valence-corrected chi connectivity index (χ1v) is 11.8. The quantitative estimate of drug-likeness (QED) is 0.362. The molecule has 0 atom stereocenters. The van der Waals surface area contributed by atoms with Crippen molar-refractivity contribution in [2.75, 3.05) is 25.1 Å². The van der Waals surface area contributed by atoms with Crippen molar-refractivity contribution in [3.63, 3.8) is 0 Å². The van der Waals surface area contributed by atoms with Gasteiger partial charge in [-0.3, -0.25) is 23.7 Å². The van der Waals surface area contributed by atoms with E-state index in [1.54, 1.807) is 51.2 Å². The molecule has 4 rings (SSSR count). The van der Waals surface area contributed by atoms with Crippen molar-refractivity contribution in [2.24, 2.45) is 12.5 Å². The summed E-state index contributed by atoms with van der Waals surface area (Å²) in [6, 6.07) is 12.9. The topological polar surface area (TPSA) is 124 Å². The monoisotopic (exact) mass is 506 g/mol. The third kappa shape index (κ3) is 5.55. The number of rotatable bonds is 8. The molecule has 0 aliphatic carbocycles. The summed E-state index contributed by atoms with van der Waals surface area (Å²) in [5, 5.41) is 0. The average Bonchev–Trinajstić information content (AvgIpc) is 3.26. The summed E-state index contributed by atoms with van der Waals surface area (Å²) in [7, 11) is 3.46. The number of imidazole rings is 1. The molecule has 0 saturated carbocycles. The normalized spacial score (nSPS) is 11.5. The summed E-state index contributed by atoms with van der Waals surface area (Å²) in [6.07, 6.45) is 1.74. The van der Waals surface area contributed by atoms with Gasteiger partial charge in [0.15, 0.2) is 17.9 Å². The Labute approximate surface area is 213 Å². The Bertz CT molecular complexity index is 1510. The van der Waals surface area contributed by atoms with Crippen LogP contribution in [-0.2, 0) is 23.3 Å². The van der Waals surface area contributed by atoms with E-state index in [9.17, 15) is 14.4 Å². The Morgan fingerprint density at radius 3 is 2.49 bits per heavy atom. The fourth-order valence-corrected chi connectivity index (χ4v) is 3.62. The Hall–Kier alpha value is -4.41. The van der Waals surface area contributed by atoms with Crippen molar-refractivity contribution in [2.45, 2.75) is 27.5 Å². The van der Waals surface area contributed by atoms with Crippen LogP contribution in [0.1, 0.15) is 20.8 Å².